The number of methoxy groups -OCH3 is 1. The first-order valence-electron chi connectivity index (χ1n) is 6.18. The summed E-state index contributed by atoms with van der Waals surface area (Å²) in [6.45, 7) is 0.248. The molecule has 0 saturated carbocycles. The molecule has 2 N–H and O–H groups in total. The van der Waals surface area contributed by atoms with Gasteiger partial charge < -0.3 is 10.1 Å². The van der Waals surface area contributed by atoms with Gasteiger partial charge in [0.2, 0.25) is 0 Å². The van der Waals surface area contributed by atoms with Gasteiger partial charge in [-0.25, -0.2) is 0 Å². The van der Waals surface area contributed by atoms with Gasteiger partial charge >= 0.3 is 12.1 Å². The van der Waals surface area contributed by atoms with E-state index in [2.05, 4.69) is 0 Å². The molecule has 2 nitrogen and oxygen atoms in total. The fourth-order valence-corrected chi connectivity index (χ4v) is 2.70. The van der Waals surface area contributed by atoms with E-state index in [0.29, 0.717) is 12.2 Å². The Labute approximate surface area is 112 Å². The second-order valence-corrected chi connectivity index (χ2v) is 4.87. The van der Waals surface area contributed by atoms with Crippen molar-refractivity contribution in [2.45, 2.75) is 30.5 Å². The van der Waals surface area contributed by atoms with E-state index in [-0.39, 0.29) is 18.5 Å². The highest BCUT2D eigenvalue weighted by atomic mass is 19.4. The number of nitrogens with two attached hydrogens (primary N) is 1. The lowest BCUT2D eigenvalue weighted by Gasteiger charge is -2.35. The smallest absolute Gasteiger partial charge is 0.460 e. The zero-order valence-electron chi connectivity index (χ0n) is 10.8. The van der Waals surface area contributed by atoms with E-state index in [1.807, 2.05) is 0 Å². The molecule has 1 aliphatic rings. The molecule has 0 radical (unpaired) electrons. The third kappa shape index (κ3) is 2.13. The van der Waals surface area contributed by atoms with Crippen molar-refractivity contribution in [2.75, 3.05) is 13.7 Å². The highest BCUT2D eigenvalue weighted by Crippen LogP contribution is 2.49. The van der Waals surface area contributed by atoms with Crippen molar-refractivity contribution in [3.63, 3.8) is 0 Å². The minimum atomic E-state index is -5.58. The summed E-state index contributed by atoms with van der Waals surface area (Å²) < 4.78 is 71.1. The molecule has 1 fully saturated rings. The van der Waals surface area contributed by atoms with Crippen LogP contribution in [0, 0.1) is 0 Å². The van der Waals surface area contributed by atoms with Crippen molar-refractivity contribution in [1.82, 2.24) is 0 Å². The summed E-state index contributed by atoms with van der Waals surface area (Å²) in [7, 11) is 1.40. The highest BCUT2D eigenvalue weighted by molar-refractivity contribution is 5.33. The van der Waals surface area contributed by atoms with Crippen molar-refractivity contribution in [1.29, 1.82) is 0 Å². The number of alkyl halides is 5. The molecule has 7 heteroatoms. The summed E-state index contributed by atoms with van der Waals surface area (Å²) in [5.74, 6) is -4.37. The first kappa shape index (κ1) is 15.0. The van der Waals surface area contributed by atoms with Gasteiger partial charge in [-0.15, -0.1) is 0 Å². The van der Waals surface area contributed by atoms with Crippen molar-refractivity contribution in [3.05, 3.63) is 29.8 Å². The lowest BCUT2D eigenvalue weighted by Crippen LogP contribution is -2.96. The number of halogens is 5. The number of quaternary nitrogens is 1. The van der Waals surface area contributed by atoms with Gasteiger partial charge in [-0.3, -0.25) is 0 Å². The summed E-state index contributed by atoms with van der Waals surface area (Å²) in [5, 5.41) is 1.10. The van der Waals surface area contributed by atoms with Crippen LogP contribution >= 0.6 is 0 Å². The predicted molar refractivity (Wildman–Crippen MR) is 61.7 cm³/mol. The fraction of sp³-hybridized carbons (Fsp3) is 0.538. The van der Waals surface area contributed by atoms with E-state index in [1.165, 1.54) is 31.4 Å². The van der Waals surface area contributed by atoms with Crippen LogP contribution in [0.25, 0.3) is 0 Å². The molecule has 0 spiro atoms. The van der Waals surface area contributed by atoms with Gasteiger partial charge in [-0.2, -0.15) is 22.0 Å². The molecule has 0 unspecified atom stereocenters. The van der Waals surface area contributed by atoms with Gasteiger partial charge in [0.15, 0.2) is 5.54 Å². The minimum Gasteiger partial charge on any atom is -0.497 e. The van der Waals surface area contributed by atoms with Crippen LogP contribution in [0.2, 0.25) is 0 Å². The SMILES string of the molecule is COc1ccc([C@]2(C(F)(F)C(F)(F)F)CCC[NH2+]2)cc1. The lowest BCUT2D eigenvalue weighted by molar-refractivity contribution is -0.744. The number of hydrogen-bond donors (Lipinski definition) is 1. The van der Waals surface area contributed by atoms with E-state index >= 15 is 0 Å². The quantitative estimate of drug-likeness (QED) is 0.852. The molecule has 0 bridgehead atoms. The highest BCUT2D eigenvalue weighted by Gasteiger charge is 2.74. The summed E-state index contributed by atoms with van der Waals surface area (Å²) in [5.41, 5.74) is -2.31. The first-order valence-corrected chi connectivity index (χ1v) is 6.18. The maximum absolute atomic E-state index is 14.0. The summed E-state index contributed by atoms with van der Waals surface area (Å²) in [6, 6.07) is 5.35. The van der Waals surface area contributed by atoms with Crippen molar-refractivity contribution >= 4 is 0 Å². The summed E-state index contributed by atoms with van der Waals surface area (Å²) in [4.78, 5) is 0. The Morgan fingerprint density at radius 1 is 1.10 bits per heavy atom. The average Bonchev–Trinajstić information content (AvgIpc) is 2.88. The van der Waals surface area contributed by atoms with Crippen LogP contribution in [0.15, 0.2) is 24.3 Å². The number of hydrogen-bond acceptors (Lipinski definition) is 1. The zero-order valence-corrected chi connectivity index (χ0v) is 10.8. The maximum atomic E-state index is 14.0. The van der Waals surface area contributed by atoms with E-state index in [9.17, 15) is 22.0 Å². The Morgan fingerprint density at radius 3 is 2.10 bits per heavy atom. The monoisotopic (exact) mass is 296 g/mol. The number of benzene rings is 1. The van der Waals surface area contributed by atoms with Gasteiger partial charge in [0.1, 0.15) is 5.75 Å². The lowest BCUT2D eigenvalue weighted by atomic mass is 9.81. The third-order valence-corrected chi connectivity index (χ3v) is 3.79. The summed E-state index contributed by atoms with van der Waals surface area (Å²) >= 11 is 0. The van der Waals surface area contributed by atoms with E-state index in [4.69, 9.17) is 4.74 Å². The van der Waals surface area contributed by atoms with Crippen molar-refractivity contribution in [2.24, 2.45) is 0 Å². The molecule has 1 aliphatic heterocycles. The van der Waals surface area contributed by atoms with Crippen molar-refractivity contribution in [3.8, 4) is 5.75 Å². The molecule has 20 heavy (non-hydrogen) atoms. The van der Waals surface area contributed by atoms with Gasteiger partial charge in [0.05, 0.1) is 13.7 Å². The summed E-state index contributed by atoms with van der Waals surface area (Å²) in [6.07, 6.45) is -5.47. The third-order valence-electron chi connectivity index (χ3n) is 3.79. The molecule has 0 amide bonds. The normalized spacial score (nSPS) is 23.9. The molecule has 0 aliphatic carbocycles. The topological polar surface area (TPSA) is 25.8 Å². The molecule has 1 aromatic carbocycles. The maximum Gasteiger partial charge on any atom is 0.460 e. The molecule has 112 valence electrons. The minimum absolute atomic E-state index is 0.0295. The Balaban J connectivity index is 2.49. The van der Waals surface area contributed by atoms with Crippen LogP contribution in [-0.4, -0.2) is 25.8 Å². The standard InChI is InChI=1S/C13H14F5NO/c1-20-10-5-3-9(4-6-10)11(7-2-8-19-11)12(14,15)13(16,17)18/h3-6,19H,2,7-8H2,1H3/p+1/t11-/m0/s1. The zero-order chi connectivity index (χ0) is 15.0. The molecule has 2 rings (SSSR count). The predicted octanol–water partition coefficient (Wildman–Crippen LogP) is 2.45. The Hall–Kier alpha value is -1.37. The van der Waals surface area contributed by atoms with Crippen LogP contribution in [0.4, 0.5) is 22.0 Å². The molecule has 1 aromatic rings. The first-order chi connectivity index (χ1) is 9.24. The fourth-order valence-electron chi connectivity index (χ4n) is 2.70. The molecule has 1 saturated heterocycles. The number of rotatable bonds is 3. The second kappa shape index (κ2) is 4.87. The van der Waals surface area contributed by atoms with Crippen LogP contribution in [0.1, 0.15) is 18.4 Å². The average molecular weight is 296 g/mol. The molecular weight excluding hydrogens is 281 g/mol. The van der Waals surface area contributed by atoms with Crippen LogP contribution < -0.4 is 10.1 Å². The van der Waals surface area contributed by atoms with E-state index in [0.717, 1.165) is 5.32 Å². The molecule has 0 aromatic heterocycles. The van der Waals surface area contributed by atoms with Gasteiger partial charge in [0, 0.05) is 18.4 Å². The number of ether oxygens (including phenoxy) is 1. The van der Waals surface area contributed by atoms with E-state index in [1.54, 1.807) is 0 Å². The van der Waals surface area contributed by atoms with Crippen LogP contribution in [-0.2, 0) is 5.54 Å². The molecule has 1 heterocycles. The Bertz CT molecular complexity index is 463. The van der Waals surface area contributed by atoms with Gasteiger partial charge in [0.25, 0.3) is 0 Å². The van der Waals surface area contributed by atoms with E-state index < -0.39 is 17.6 Å². The Morgan fingerprint density at radius 2 is 1.70 bits per heavy atom. The second-order valence-electron chi connectivity index (χ2n) is 4.87. The largest absolute Gasteiger partial charge is 0.497 e. The van der Waals surface area contributed by atoms with Crippen LogP contribution in [0.5, 0.6) is 5.75 Å². The molecular formula is C13H15F5NO+. The van der Waals surface area contributed by atoms with Crippen LogP contribution in [0.3, 0.4) is 0 Å². The van der Waals surface area contributed by atoms with Crippen molar-refractivity contribution < 1.29 is 32.0 Å². The molecule has 1 atom stereocenters. The van der Waals surface area contributed by atoms with Gasteiger partial charge in [-0.1, -0.05) is 0 Å². The Kier molecular flexibility index (Phi) is 3.66. The van der Waals surface area contributed by atoms with Gasteiger partial charge in [-0.05, 0) is 24.3 Å².